The van der Waals surface area contributed by atoms with Gasteiger partial charge in [-0.1, -0.05) is 24.3 Å². The number of aliphatic hydroxyl groups excluding tert-OH is 1. The summed E-state index contributed by atoms with van der Waals surface area (Å²) in [6, 6.07) is 0. The van der Waals surface area contributed by atoms with E-state index >= 15 is 0 Å². The first kappa shape index (κ1) is 12.7. The summed E-state index contributed by atoms with van der Waals surface area (Å²) in [5.41, 5.74) is 1.36. The van der Waals surface area contributed by atoms with Crippen LogP contribution in [0.2, 0.25) is 0 Å². The van der Waals surface area contributed by atoms with Gasteiger partial charge in [0.05, 0.1) is 12.2 Å². The summed E-state index contributed by atoms with van der Waals surface area (Å²) in [6.45, 7) is 7.04. The average Bonchev–Trinajstić information content (AvgIpc) is 2.21. The van der Waals surface area contributed by atoms with Crippen LogP contribution in [0.1, 0.15) is 13.8 Å². The monoisotopic (exact) mass is 196 g/mol. The highest BCUT2D eigenvalue weighted by Crippen LogP contribution is 2.05. The Balaban J connectivity index is 4.43. The Kier molecular flexibility index (Phi) is 6.41. The zero-order valence-corrected chi connectivity index (χ0v) is 8.62. The molecular formula is C11H16O3. The molecule has 0 aromatic rings. The topological polar surface area (TPSA) is 46.5 Å². The number of aliphatic hydroxyl groups is 1. The number of carbonyl (C=O) groups excluding carboxylic acids is 1. The van der Waals surface area contributed by atoms with Gasteiger partial charge in [0.15, 0.2) is 0 Å². The van der Waals surface area contributed by atoms with E-state index < -0.39 is 5.97 Å². The van der Waals surface area contributed by atoms with E-state index in [0.29, 0.717) is 5.57 Å². The van der Waals surface area contributed by atoms with Crippen LogP contribution in [0.25, 0.3) is 0 Å². The Morgan fingerprint density at radius 3 is 2.64 bits per heavy atom. The molecule has 78 valence electrons. The van der Waals surface area contributed by atoms with Crippen LogP contribution in [0.15, 0.2) is 36.0 Å². The summed E-state index contributed by atoms with van der Waals surface area (Å²) >= 11 is 0. The van der Waals surface area contributed by atoms with Crippen LogP contribution in [0.5, 0.6) is 0 Å². The highest BCUT2D eigenvalue weighted by atomic mass is 16.5. The van der Waals surface area contributed by atoms with Crippen LogP contribution in [0, 0.1) is 0 Å². The second-order valence-electron chi connectivity index (χ2n) is 2.70. The standard InChI is InChI=1S/C11H16O3/c1-4-9(3)8-10(5-2)11(13)14-7-6-12/h4-5,8,12H,1,6-7H2,2-3H3. The van der Waals surface area contributed by atoms with E-state index in [-0.39, 0.29) is 13.2 Å². The van der Waals surface area contributed by atoms with Crippen LogP contribution in [-0.4, -0.2) is 24.3 Å². The molecule has 0 aliphatic carbocycles. The number of hydrogen-bond donors (Lipinski definition) is 1. The van der Waals surface area contributed by atoms with Crippen LogP contribution >= 0.6 is 0 Å². The zero-order chi connectivity index (χ0) is 11.0. The van der Waals surface area contributed by atoms with E-state index in [9.17, 15) is 4.79 Å². The van der Waals surface area contributed by atoms with Crippen molar-refractivity contribution in [1.29, 1.82) is 0 Å². The molecule has 0 aromatic heterocycles. The van der Waals surface area contributed by atoms with Crippen molar-refractivity contribution in [2.24, 2.45) is 0 Å². The van der Waals surface area contributed by atoms with Gasteiger partial charge in [-0.2, -0.15) is 0 Å². The minimum atomic E-state index is -0.428. The predicted molar refractivity (Wildman–Crippen MR) is 55.8 cm³/mol. The largest absolute Gasteiger partial charge is 0.460 e. The van der Waals surface area contributed by atoms with Crippen LogP contribution in [-0.2, 0) is 9.53 Å². The molecule has 0 heterocycles. The zero-order valence-electron chi connectivity index (χ0n) is 8.62. The molecule has 0 amide bonds. The number of rotatable bonds is 5. The summed E-state index contributed by atoms with van der Waals surface area (Å²) in [4.78, 5) is 11.3. The van der Waals surface area contributed by atoms with Crippen LogP contribution in [0.3, 0.4) is 0 Å². The molecule has 0 aliphatic rings. The Morgan fingerprint density at radius 2 is 2.21 bits per heavy atom. The predicted octanol–water partition coefficient (Wildman–Crippen LogP) is 1.60. The molecule has 0 aliphatic heterocycles. The Morgan fingerprint density at radius 1 is 1.57 bits per heavy atom. The molecule has 0 spiro atoms. The maximum Gasteiger partial charge on any atom is 0.337 e. The van der Waals surface area contributed by atoms with Gasteiger partial charge in [0.25, 0.3) is 0 Å². The van der Waals surface area contributed by atoms with Gasteiger partial charge in [0.2, 0.25) is 0 Å². The lowest BCUT2D eigenvalue weighted by Gasteiger charge is -2.03. The lowest BCUT2D eigenvalue weighted by atomic mass is 10.1. The first-order valence-corrected chi connectivity index (χ1v) is 4.40. The van der Waals surface area contributed by atoms with Crippen molar-refractivity contribution in [2.75, 3.05) is 13.2 Å². The van der Waals surface area contributed by atoms with Crippen molar-refractivity contribution in [1.82, 2.24) is 0 Å². The Bertz CT molecular complexity index is 262. The minimum absolute atomic E-state index is 0.0250. The molecule has 0 radical (unpaired) electrons. The number of esters is 1. The first-order chi connectivity index (χ1) is 6.65. The Labute approximate surface area is 84.4 Å². The lowest BCUT2D eigenvalue weighted by Crippen LogP contribution is -2.10. The fraction of sp³-hybridized carbons (Fsp3) is 0.364. The number of ether oxygens (including phenoxy) is 1. The van der Waals surface area contributed by atoms with Gasteiger partial charge >= 0.3 is 5.97 Å². The molecule has 14 heavy (non-hydrogen) atoms. The van der Waals surface area contributed by atoms with Gasteiger partial charge in [-0.05, 0) is 19.9 Å². The van der Waals surface area contributed by atoms with Crippen molar-refractivity contribution < 1.29 is 14.6 Å². The third-order valence-corrected chi connectivity index (χ3v) is 1.58. The second-order valence-corrected chi connectivity index (χ2v) is 2.70. The summed E-state index contributed by atoms with van der Waals surface area (Å²) in [5, 5.41) is 8.47. The number of allylic oxidation sites excluding steroid dienone is 3. The van der Waals surface area contributed by atoms with E-state index in [0.717, 1.165) is 5.57 Å². The van der Waals surface area contributed by atoms with E-state index in [1.165, 1.54) is 0 Å². The Hall–Kier alpha value is -1.35. The fourth-order valence-corrected chi connectivity index (χ4v) is 0.786. The van der Waals surface area contributed by atoms with Crippen LogP contribution in [0.4, 0.5) is 0 Å². The van der Waals surface area contributed by atoms with Crippen molar-refractivity contribution >= 4 is 5.97 Å². The molecule has 0 bridgehead atoms. The molecule has 0 fully saturated rings. The van der Waals surface area contributed by atoms with Crippen molar-refractivity contribution in [3.63, 3.8) is 0 Å². The summed E-state index contributed by atoms with van der Waals surface area (Å²) in [5.74, 6) is -0.428. The van der Waals surface area contributed by atoms with Gasteiger partial charge in [-0.25, -0.2) is 4.79 Å². The SMILES string of the molecule is C=CC(C)=CC(=CC)C(=O)OCCO. The van der Waals surface area contributed by atoms with Gasteiger partial charge in [0.1, 0.15) is 6.61 Å². The summed E-state index contributed by atoms with van der Waals surface area (Å²) in [6.07, 6.45) is 5.00. The van der Waals surface area contributed by atoms with Gasteiger partial charge < -0.3 is 9.84 Å². The number of hydrogen-bond acceptors (Lipinski definition) is 3. The maximum atomic E-state index is 11.3. The molecule has 0 atom stereocenters. The highest BCUT2D eigenvalue weighted by molar-refractivity contribution is 5.91. The van der Waals surface area contributed by atoms with Gasteiger partial charge in [-0.15, -0.1) is 0 Å². The van der Waals surface area contributed by atoms with Crippen molar-refractivity contribution in [3.8, 4) is 0 Å². The van der Waals surface area contributed by atoms with Crippen molar-refractivity contribution in [2.45, 2.75) is 13.8 Å². The molecule has 0 aromatic carbocycles. The smallest absolute Gasteiger partial charge is 0.337 e. The van der Waals surface area contributed by atoms with E-state index in [1.807, 2.05) is 6.92 Å². The van der Waals surface area contributed by atoms with Gasteiger partial charge in [0, 0.05) is 0 Å². The maximum absolute atomic E-state index is 11.3. The van der Waals surface area contributed by atoms with Gasteiger partial charge in [-0.3, -0.25) is 0 Å². The van der Waals surface area contributed by atoms with E-state index in [1.54, 1.807) is 25.2 Å². The van der Waals surface area contributed by atoms with Crippen molar-refractivity contribution in [3.05, 3.63) is 36.0 Å². The number of carbonyl (C=O) groups is 1. The third-order valence-electron chi connectivity index (χ3n) is 1.58. The first-order valence-electron chi connectivity index (χ1n) is 4.40. The molecule has 0 saturated heterocycles. The molecule has 3 nitrogen and oxygen atoms in total. The second kappa shape index (κ2) is 7.09. The van der Waals surface area contributed by atoms with E-state index in [4.69, 9.17) is 9.84 Å². The summed E-state index contributed by atoms with van der Waals surface area (Å²) in [7, 11) is 0. The molecular weight excluding hydrogens is 180 g/mol. The fourth-order valence-electron chi connectivity index (χ4n) is 0.786. The van der Waals surface area contributed by atoms with Crippen LogP contribution < -0.4 is 0 Å². The molecule has 0 rings (SSSR count). The average molecular weight is 196 g/mol. The summed E-state index contributed by atoms with van der Waals surface area (Å²) < 4.78 is 4.75. The molecule has 0 saturated carbocycles. The quantitative estimate of drug-likeness (QED) is 0.412. The molecule has 1 N–H and O–H groups in total. The lowest BCUT2D eigenvalue weighted by molar-refractivity contribution is -0.139. The normalized spacial score (nSPS) is 12.5. The molecule has 3 heteroatoms. The minimum Gasteiger partial charge on any atom is -0.460 e. The molecule has 0 unspecified atom stereocenters. The highest BCUT2D eigenvalue weighted by Gasteiger charge is 2.06. The van der Waals surface area contributed by atoms with E-state index in [2.05, 4.69) is 6.58 Å². The third kappa shape index (κ3) is 4.62.